The molecule has 1 atom stereocenters. The second kappa shape index (κ2) is 7.68. The fourth-order valence-electron chi connectivity index (χ4n) is 4.37. The average molecular weight is 358 g/mol. The van der Waals surface area contributed by atoms with Gasteiger partial charge in [-0.15, -0.1) is 0 Å². The minimum Gasteiger partial charge on any atom is -0.260 e. The first-order valence-corrected chi connectivity index (χ1v) is 9.88. The van der Waals surface area contributed by atoms with Gasteiger partial charge in [-0.05, 0) is 80.5 Å². The molecular formula is C26H31N. The van der Waals surface area contributed by atoms with Gasteiger partial charge < -0.3 is 0 Å². The maximum Gasteiger partial charge on any atom is 0.0684 e. The molecular weight excluding hydrogens is 326 g/mol. The van der Waals surface area contributed by atoms with Crippen LogP contribution in [0.2, 0.25) is 0 Å². The monoisotopic (exact) mass is 357 g/mol. The topological polar surface area (TPSA) is 12.4 Å². The average Bonchev–Trinajstić information content (AvgIpc) is 2.81. The predicted octanol–water partition coefficient (Wildman–Crippen LogP) is 7.32. The third-order valence-electron chi connectivity index (χ3n) is 6.12. The molecule has 0 bridgehead atoms. The lowest BCUT2D eigenvalue weighted by atomic mass is 9.88. The van der Waals surface area contributed by atoms with Crippen molar-refractivity contribution in [1.29, 1.82) is 0 Å². The van der Waals surface area contributed by atoms with Crippen molar-refractivity contribution in [2.24, 2.45) is 10.9 Å². The molecule has 1 unspecified atom stereocenters. The van der Waals surface area contributed by atoms with Gasteiger partial charge in [0, 0.05) is 18.6 Å². The number of hydrogen-bond donors (Lipinski definition) is 0. The minimum atomic E-state index is 0.490. The lowest BCUT2D eigenvalue weighted by molar-refractivity contribution is 0.893. The summed E-state index contributed by atoms with van der Waals surface area (Å²) in [6.45, 7) is 15.5. The van der Waals surface area contributed by atoms with Crippen LogP contribution in [0.4, 0.5) is 5.69 Å². The fourth-order valence-corrected chi connectivity index (χ4v) is 4.37. The van der Waals surface area contributed by atoms with E-state index in [0.29, 0.717) is 5.92 Å². The molecule has 0 radical (unpaired) electrons. The van der Waals surface area contributed by atoms with Gasteiger partial charge in [0.2, 0.25) is 0 Å². The first-order valence-electron chi connectivity index (χ1n) is 9.88. The number of hydrogen-bond acceptors (Lipinski definition) is 1. The van der Waals surface area contributed by atoms with Crippen molar-refractivity contribution in [3.63, 3.8) is 0 Å². The summed E-state index contributed by atoms with van der Waals surface area (Å²) < 4.78 is 0. The van der Waals surface area contributed by atoms with E-state index in [0.717, 1.165) is 12.1 Å². The summed E-state index contributed by atoms with van der Waals surface area (Å²) >= 11 is 0. The molecule has 0 saturated heterocycles. The smallest absolute Gasteiger partial charge is 0.0684 e. The maximum absolute atomic E-state index is 4.83. The molecule has 140 valence electrons. The van der Waals surface area contributed by atoms with E-state index in [4.69, 9.17) is 4.99 Å². The van der Waals surface area contributed by atoms with Gasteiger partial charge in [-0.2, -0.15) is 0 Å². The molecule has 1 nitrogen and oxygen atoms in total. The number of rotatable bonds is 4. The molecule has 1 aliphatic rings. The van der Waals surface area contributed by atoms with Gasteiger partial charge in [0.25, 0.3) is 0 Å². The highest BCUT2D eigenvalue weighted by molar-refractivity contribution is 5.82. The normalized spacial score (nSPS) is 17.5. The molecule has 0 saturated carbocycles. The Morgan fingerprint density at radius 1 is 0.889 bits per heavy atom. The summed E-state index contributed by atoms with van der Waals surface area (Å²) in [6.07, 6.45) is 2.93. The fraction of sp³-hybridized carbons (Fsp3) is 0.346. The summed E-state index contributed by atoms with van der Waals surface area (Å²) in [5.41, 5.74) is 13.5. The van der Waals surface area contributed by atoms with E-state index in [1.807, 2.05) is 0 Å². The molecule has 3 rings (SSSR count). The summed E-state index contributed by atoms with van der Waals surface area (Å²) in [7, 11) is 0. The first-order chi connectivity index (χ1) is 12.8. The van der Waals surface area contributed by atoms with Crippen LogP contribution in [0.15, 0.2) is 58.1 Å². The number of allylic oxidation sites excluding steroid dienone is 4. The molecule has 0 aliphatic heterocycles. The summed E-state index contributed by atoms with van der Waals surface area (Å²) in [5.74, 6) is 0.490. The molecule has 2 aromatic carbocycles. The molecule has 0 amide bonds. The highest BCUT2D eigenvalue weighted by Crippen LogP contribution is 2.43. The zero-order chi connectivity index (χ0) is 19.7. The Balaban J connectivity index is 1.91. The molecule has 0 heterocycles. The van der Waals surface area contributed by atoms with E-state index in [2.05, 4.69) is 91.1 Å². The van der Waals surface area contributed by atoms with Gasteiger partial charge >= 0.3 is 0 Å². The third kappa shape index (κ3) is 3.69. The van der Waals surface area contributed by atoms with Crippen molar-refractivity contribution in [3.8, 4) is 0 Å². The molecule has 1 aliphatic carbocycles. The molecule has 1 heteroatoms. The lowest BCUT2D eigenvalue weighted by Gasteiger charge is -2.16. The molecule has 0 N–H and O–H groups in total. The van der Waals surface area contributed by atoms with E-state index >= 15 is 0 Å². The van der Waals surface area contributed by atoms with E-state index in [9.17, 15) is 0 Å². The number of benzene rings is 2. The standard InChI is InChI=1S/C26H31N/c1-16-14-17(2)26(18(3)15-16)27-13-12-23-10-8-9-11-24(23)25-21(6)19(4)20(5)22(25)7/h8-11,13-15,21H,12H2,1-7H3. The summed E-state index contributed by atoms with van der Waals surface area (Å²) in [5, 5.41) is 0. The maximum atomic E-state index is 4.83. The molecule has 0 fully saturated rings. The van der Waals surface area contributed by atoms with E-state index in [1.54, 1.807) is 0 Å². The van der Waals surface area contributed by atoms with E-state index in [1.165, 1.54) is 50.1 Å². The molecule has 2 aromatic rings. The molecule has 0 aromatic heterocycles. The zero-order valence-electron chi connectivity index (χ0n) is 17.8. The molecule has 0 spiro atoms. The molecule has 27 heavy (non-hydrogen) atoms. The van der Waals surface area contributed by atoms with Crippen molar-refractivity contribution in [2.45, 2.75) is 54.9 Å². The Bertz CT molecular complexity index is 946. The van der Waals surface area contributed by atoms with Crippen molar-refractivity contribution in [2.75, 3.05) is 0 Å². The Morgan fingerprint density at radius 2 is 1.52 bits per heavy atom. The summed E-state index contributed by atoms with van der Waals surface area (Å²) in [4.78, 5) is 4.83. The van der Waals surface area contributed by atoms with Gasteiger partial charge in [-0.25, -0.2) is 0 Å². The first kappa shape index (κ1) is 19.4. The van der Waals surface area contributed by atoms with Crippen molar-refractivity contribution in [1.82, 2.24) is 0 Å². The van der Waals surface area contributed by atoms with Crippen LogP contribution in [0.1, 0.15) is 55.5 Å². The van der Waals surface area contributed by atoms with Crippen LogP contribution in [0.3, 0.4) is 0 Å². The Hall–Kier alpha value is -2.41. The largest absolute Gasteiger partial charge is 0.260 e. The van der Waals surface area contributed by atoms with Gasteiger partial charge in [-0.1, -0.05) is 54.5 Å². The minimum absolute atomic E-state index is 0.490. The van der Waals surface area contributed by atoms with Crippen molar-refractivity contribution >= 4 is 17.5 Å². The number of aliphatic imine (C=N–C) groups is 1. The second-order valence-electron chi connectivity index (χ2n) is 7.99. The SMILES string of the molecule is CC1=C(C)C(C)C(c2ccccc2CC=Nc2c(C)cc(C)cc2C)=C1C. The Morgan fingerprint density at radius 3 is 2.11 bits per heavy atom. The van der Waals surface area contributed by atoms with Crippen molar-refractivity contribution < 1.29 is 0 Å². The Labute approximate surface area is 164 Å². The predicted molar refractivity (Wildman–Crippen MR) is 119 cm³/mol. The van der Waals surface area contributed by atoms with Gasteiger partial charge in [0.1, 0.15) is 0 Å². The van der Waals surface area contributed by atoms with E-state index in [-0.39, 0.29) is 0 Å². The van der Waals surface area contributed by atoms with Crippen LogP contribution in [-0.4, -0.2) is 6.21 Å². The van der Waals surface area contributed by atoms with Crippen LogP contribution in [0.5, 0.6) is 0 Å². The highest BCUT2D eigenvalue weighted by atomic mass is 14.7. The quantitative estimate of drug-likeness (QED) is 0.508. The third-order valence-corrected chi connectivity index (χ3v) is 6.12. The zero-order valence-corrected chi connectivity index (χ0v) is 17.8. The van der Waals surface area contributed by atoms with Gasteiger partial charge in [-0.3, -0.25) is 4.99 Å². The summed E-state index contributed by atoms with van der Waals surface area (Å²) in [6, 6.07) is 13.2. The van der Waals surface area contributed by atoms with Crippen molar-refractivity contribution in [3.05, 3.63) is 80.9 Å². The van der Waals surface area contributed by atoms with Crippen LogP contribution < -0.4 is 0 Å². The number of aryl methyl sites for hydroxylation is 3. The lowest BCUT2D eigenvalue weighted by Crippen LogP contribution is -2.01. The number of nitrogens with zero attached hydrogens (tertiary/aromatic N) is 1. The van der Waals surface area contributed by atoms with Crippen LogP contribution in [-0.2, 0) is 6.42 Å². The van der Waals surface area contributed by atoms with E-state index < -0.39 is 0 Å². The Kier molecular flexibility index (Phi) is 5.51. The second-order valence-corrected chi connectivity index (χ2v) is 7.99. The highest BCUT2D eigenvalue weighted by Gasteiger charge is 2.25. The van der Waals surface area contributed by atoms with Crippen LogP contribution in [0.25, 0.3) is 5.57 Å². The van der Waals surface area contributed by atoms with Crippen LogP contribution >= 0.6 is 0 Å². The van der Waals surface area contributed by atoms with Gasteiger partial charge in [0.05, 0.1) is 5.69 Å². The van der Waals surface area contributed by atoms with Gasteiger partial charge in [0.15, 0.2) is 0 Å². The van der Waals surface area contributed by atoms with Crippen LogP contribution in [0, 0.1) is 26.7 Å².